The van der Waals surface area contributed by atoms with Crippen LogP contribution in [0.1, 0.15) is 21.5 Å². The summed E-state index contributed by atoms with van der Waals surface area (Å²) in [7, 11) is 0. The summed E-state index contributed by atoms with van der Waals surface area (Å²) in [4.78, 5) is 15.2. The van der Waals surface area contributed by atoms with E-state index < -0.39 is 0 Å². The first kappa shape index (κ1) is 21.1. The molecule has 0 unspecified atom stereocenters. The van der Waals surface area contributed by atoms with Gasteiger partial charge in [-0.05, 0) is 11.1 Å². The molecular formula is C24H28N4O3. The number of carbonyl (C=O) groups is 1. The van der Waals surface area contributed by atoms with Gasteiger partial charge in [0.1, 0.15) is 12.2 Å². The molecule has 162 valence electrons. The van der Waals surface area contributed by atoms with Crippen molar-refractivity contribution in [3.63, 3.8) is 0 Å². The molecule has 0 radical (unpaired) electrons. The number of rotatable bonds is 9. The van der Waals surface area contributed by atoms with Crippen molar-refractivity contribution in [2.75, 3.05) is 39.4 Å². The van der Waals surface area contributed by atoms with Gasteiger partial charge in [0.25, 0.3) is 5.91 Å². The predicted octanol–water partition coefficient (Wildman–Crippen LogP) is 2.57. The predicted molar refractivity (Wildman–Crippen MR) is 118 cm³/mol. The lowest BCUT2D eigenvalue weighted by Gasteiger charge is -2.26. The molecule has 1 N–H and O–H groups in total. The van der Waals surface area contributed by atoms with Crippen LogP contribution in [0.3, 0.4) is 0 Å². The van der Waals surface area contributed by atoms with E-state index in [2.05, 4.69) is 15.3 Å². The minimum Gasteiger partial charge on any atom is -0.471 e. The largest absolute Gasteiger partial charge is 0.471 e. The highest BCUT2D eigenvalue weighted by Crippen LogP contribution is 2.19. The molecule has 2 aromatic carbocycles. The van der Waals surface area contributed by atoms with Crippen LogP contribution in [-0.4, -0.2) is 60.0 Å². The van der Waals surface area contributed by atoms with Gasteiger partial charge in [-0.25, -0.2) is 0 Å². The summed E-state index contributed by atoms with van der Waals surface area (Å²) in [5.41, 5.74) is 2.59. The maximum Gasteiger partial charge on any atom is 0.258 e. The van der Waals surface area contributed by atoms with Crippen LogP contribution >= 0.6 is 0 Å². The second-order valence-electron chi connectivity index (χ2n) is 7.52. The Morgan fingerprint density at radius 3 is 2.39 bits per heavy atom. The van der Waals surface area contributed by atoms with E-state index in [1.807, 2.05) is 60.7 Å². The molecule has 0 atom stereocenters. The lowest BCUT2D eigenvalue weighted by Crippen LogP contribution is -2.41. The summed E-state index contributed by atoms with van der Waals surface area (Å²) >= 11 is 0. The quantitative estimate of drug-likeness (QED) is 0.576. The standard InChI is InChI=1S/C24H28N4O3/c29-23(25-11-12-27-13-15-30-16-14-27)22-18-28(17-20-7-3-1-4-8-20)26-24(22)31-19-21-9-5-2-6-10-21/h1-10,18H,11-17,19H2,(H,25,29). The molecule has 31 heavy (non-hydrogen) atoms. The van der Waals surface area contributed by atoms with Crippen molar-refractivity contribution in [3.8, 4) is 5.88 Å². The Labute approximate surface area is 182 Å². The van der Waals surface area contributed by atoms with E-state index in [0.717, 1.165) is 44.0 Å². The molecule has 1 aromatic heterocycles. The van der Waals surface area contributed by atoms with Gasteiger partial charge in [-0.15, -0.1) is 5.10 Å². The van der Waals surface area contributed by atoms with Gasteiger partial charge < -0.3 is 14.8 Å². The van der Waals surface area contributed by atoms with E-state index in [1.165, 1.54) is 0 Å². The molecule has 7 nitrogen and oxygen atoms in total. The Bertz CT molecular complexity index is 953. The van der Waals surface area contributed by atoms with E-state index in [-0.39, 0.29) is 5.91 Å². The molecule has 1 aliphatic rings. The molecule has 0 aliphatic carbocycles. The molecule has 1 fully saturated rings. The normalized spacial score (nSPS) is 14.3. The first-order valence-electron chi connectivity index (χ1n) is 10.6. The van der Waals surface area contributed by atoms with Crippen molar-refractivity contribution in [2.45, 2.75) is 13.2 Å². The topological polar surface area (TPSA) is 68.6 Å². The Morgan fingerprint density at radius 2 is 1.68 bits per heavy atom. The summed E-state index contributed by atoms with van der Waals surface area (Å²) in [6.45, 7) is 5.59. The third kappa shape index (κ3) is 6.16. The molecule has 0 spiro atoms. The molecule has 1 saturated heterocycles. The number of carbonyl (C=O) groups excluding carboxylic acids is 1. The molecule has 7 heteroatoms. The Morgan fingerprint density at radius 1 is 1.00 bits per heavy atom. The van der Waals surface area contributed by atoms with Gasteiger partial charge in [0.15, 0.2) is 0 Å². The number of amides is 1. The zero-order chi connectivity index (χ0) is 21.3. The second kappa shape index (κ2) is 10.7. The Balaban J connectivity index is 1.43. The Kier molecular flexibility index (Phi) is 7.31. The van der Waals surface area contributed by atoms with Crippen LogP contribution < -0.4 is 10.1 Å². The van der Waals surface area contributed by atoms with Crippen LogP contribution in [0.4, 0.5) is 0 Å². The monoisotopic (exact) mass is 420 g/mol. The molecule has 1 aliphatic heterocycles. The number of aromatic nitrogens is 2. The second-order valence-corrected chi connectivity index (χ2v) is 7.52. The third-order valence-corrected chi connectivity index (χ3v) is 5.20. The van der Waals surface area contributed by atoms with Crippen molar-refractivity contribution in [2.24, 2.45) is 0 Å². The zero-order valence-corrected chi connectivity index (χ0v) is 17.6. The van der Waals surface area contributed by atoms with Gasteiger partial charge in [-0.1, -0.05) is 60.7 Å². The fraction of sp³-hybridized carbons (Fsp3) is 0.333. The number of ether oxygens (including phenoxy) is 2. The maximum atomic E-state index is 12.9. The molecule has 1 amide bonds. The van der Waals surface area contributed by atoms with E-state index in [4.69, 9.17) is 9.47 Å². The highest BCUT2D eigenvalue weighted by molar-refractivity contribution is 5.96. The van der Waals surface area contributed by atoms with Crippen molar-refractivity contribution >= 4 is 5.91 Å². The number of nitrogens with zero attached hydrogens (tertiary/aromatic N) is 3. The molecular weight excluding hydrogens is 392 g/mol. The number of hydrogen-bond acceptors (Lipinski definition) is 5. The van der Waals surface area contributed by atoms with E-state index in [1.54, 1.807) is 10.9 Å². The van der Waals surface area contributed by atoms with Crippen molar-refractivity contribution in [1.29, 1.82) is 0 Å². The average molecular weight is 421 g/mol. The van der Waals surface area contributed by atoms with Crippen molar-refractivity contribution < 1.29 is 14.3 Å². The van der Waals surface area contributed by atoms with Crippen LogP contribution in [0, 0.1) is 0 Å². The van der Waals surface area contributed by atoms with Crippen LogP contribution in [0.5, 0.6) is 5.88 Å². The number of hydrogen-bond donors (Lipinski definition) is 1. The first-order chi connectivity index (χ1) is 15.3. The highest BCUT2D eigenvalue weighted by Gasteiger charge is 2.19. The first-order valence-corrected chi connectivity index (χ1v) is 10.6. The fourth-order valence-electron chi connectivity index (χ4n) is 3.49. The molecule has 4 rings (SSSR count). The number of morpholine rings is 1. The van der Waals surface area contributed by atoms with Crippen LogP contribution in [-0.2, 0) is 17.9 Å². The fourth-order valence-corrected chi connectivity index (χ4v) is 3.49. The van der Waals surface area contributed by atoms with Crippen LogP contribution in [0.25, 0.3) is 0 Å². The van der Waals surface area contributed by atoms with Gasteiger partial charge in [0, 0.05) is 32.4 Å². The minimum atomic E-state index is -0.171. The zero-order valence-electron chi connectivity index (χ0n) is 17.6. The summed E-state index contributed by atoms with van der Waals surface area (Å²) in [6, 6.07) is 19.9. The molecule has 3 aromatic rings. The SMILES string of the molecule is O=C(NCCN1CCOCC1)c1cn(Cc2ccccc2)nc1OCc1ccccc1. The average Bonchev–Trinajstić information content (AvgIpc) is 3.22. The molecule has 2 heterocycles. The van der Waals surface area contributed by atoms with Gasteiger partial charge in [0.2, 0.25) is 5.88 Å². The molecule has 0 saturated carbocycles. The van der Waals surface area contributed by atoms with Crippen LogP contribution in [0.2, 0.25) is 0 Å². The van der Waals surface area contributed by atoms with Crippen LogP contribution in [0.15, 0.2) is 66.9 Å². The maximum absolute atomic E-state index is 12.9. The van der Waals surface area contributed by atoms with E-state index >= 15 is 0 Å². The lowest BCUT2D eigenvalue weighted by atomic mass is 10.2. The van der Waals surface area contributed by atoms with Gasteiger partial charge in [-0.2, -0.15) is 0 Å². The summed E-state index contributed by atoms with van der Waals surface area (Å²) in [5, 5.41) is 7.55. The van der Waals surface area contributed by atoms with Gasteiger partial charge in [-0.3, -0.25) is 14.4 Å². The highest BCUT2D eigenvalue weighted by atomic mass is 16.5. The summed E-state index contributed by atoms with van der Waals surface area (Å²) < 4.78 is 13.1. The van der Waals surface area contributed by atoms with Crippen molar-refractivity contribution in [1.82, 2.24) is 20.0 Å². The summed E-state index contributed by atoms with van der Waals surface area (Å²) in [6.07, 6.45) is 1.76. The van der Waals surface area contributed by atoms with Gasteiger partial charge in [0.05, 0.1) is 19.8 Å². The number of nitrogens with one attached hydrogen (secondary N) is 1. The smallest absolute Gasteiger partial charge is 0.258 e. The minimum absolute atomic E-state index is 0.171. The van der Waals surface area contributed by atoms with E-state index in [0.29, 0.717) is 31.1 Å². The van der Waals surface area contributed by atoms with Crippen molar-refractivity contribution in [3.05, 3.63) is 83.6 Å². The lowest BCUT2D eigenvalue weighted by molar-refractivity contribution is 0.0383. The number of benzene rings is 2. The van der Waals surface area contributed by atoms with E-state index in [9.17, 15) is 4.79 Å². The Hall–Kier alpha value is -3.16. The molecule has 0 bridgehead atoms. The third-order valence-electron chi connectivity index (χ3n) is 5.20. The summed E-state index contributed by atoms with van der Waals surface area (Å²) in [5.74, 6) is 0.180. The van der Waals surface area contributed by atoms with Gasteiger partial charge >= 0.3 is 0 Å².